The average Bonchev–Trinajstić information content (AvgIpc) is 2.83. The van der Waals surface area contributed by atoms with Crippen LogP contribution >= 0.6 is 11.8 Å². The molecule has 0 saturated carbocycles. The SMILES string of the molecule is CSCCC(NC(=O)COc1ccccc1)C(=O)NC1CCN(Cc2ccccn2)CC1. The van der Waals surface area contributed by atoms with Gasteiger partial charge in [-0.2, -0.15) is 11.8 Å². The minimum Gasteiger partial charge on any atom is -0.484 e. The van der Waals surface area contributed by atoms with Crippen molar-refractivity contribution in [3.63, 3.8) is 0 Å². The Hall–Kier alpha value is -2.58. The van der Waals surface area contributed by atoms with Gasteiger partial charge in [0.1, 0.15) is 11.8 Å². The van der Waals surface area contributed by atoms with Gasteiger partial charge in [-0.15, -0.1) is 0 Å². The summed E-state index contributed by atoms with van der Waals surface area (Å²) in [5.41, 5.74) is 1.06. The van der Waals surface area contributed by atoms with Gasteiger partial charge in [0.25, 0.3) is 5.91 Å². The normalized spacial score (nSPS) is 15.7. The highest BCUT2D eigenvalue weighted by atomic mass is 32.2. The maximum Gasteiger partial charge on any atom is 0.258 e. The number of carbonyl (C=O) groups excluding carboxylic acids is 2. The lowest BCUT2D eigenvalue weighted by Crippen LogP contribution is -2.52. The number of nitrogens with zero attached hydrogens (tertiary/aromatic N) is 2. The molecule has 1 aliphatic heterocycles. The Kier molecular flexibility index (Phi) is 9.84. The van der Waals surface area contributed by atoms with Gasteiger partial charge < -0.3 is 15.4 Å². The molecule has 0 spiro atoms. The van der Waals surface area contributed by atoms with Gasteiger partial charge in [0.2, 0.25) is 5.91 Å². The molecule has 32 heavy (non-hydrogen) atoms. The smallest absolute Gasteiger partial charge is 0.258 e. The van der Waals surface area contributed by atoms with Crippen LogP contribution in [0.4, 0.5) is 0 Å². The second-order valence-electron chi connectivity index (χ2n) is 7.88. The lowest BCUT2D eigenvalue weighted by molar-refractivity contribution is -0.130. The first-order chi connectivity index (χ1) is 15.6. The van der Waals surface area contributed by atoms with Crippen LogP contribution in [0.5, 0.6) is 5.75 Å². The lowest BCUT2D eigenvalue weighted by Gasteiger charge is -2.33. The third kappa shape index (κ3) is 8.16. The molecule has 1 saturated heterocycles. The molecule has 1 unspecified atom stereocenters. The van der Waals surface area contributed by atoms with Gasteiger partial charge in [-0.1, -0.05) is 24.3 Å². The fourth-order valence-corrected chi connectivity index (χ4v) is 4.14. The van der Waals surface area contributed by atoms with Crippen molar-refractivity contribution in [3.05, 3.63) is 60.4 Å². The summed E-state index contributed by atoms with van der Waals surface area (Å²) < 4.78 is 5.50. The highest BCUT2D eigenvalue weighted by Crippen LogP contribution is 2.14. The Morgan fingerprint density at radius 2 is 1.91 bits per heavy atom. The molecule has 1 atom stereocenters. The van der Waals surface area contributed by atoms with E-state index in [4.69, 9.17) is 4.74 Å². The van der Waals surface area contributed by atoms with Crippen LogP contribution in [0.15, 0.2) is 54.7 Å². The number of likely N-dealkylation sites (tertiary alicyclic amines) is 1. The molecule has 2 heterocycles. The van der Waals surface area contributed by atoms with Crippen LogP contribution < -0.4 is 15.4 Å². The molecule has 2 amide bonds. The van der Waals surface area contributed by atoms with Crippen molar-refractivity contribution in [2.75, 3.05) is 31.7 Å². The monoisotopic (exact) mass is 456 g/mol. The molecule has 1 aromatic carbocycles. The topological polar surface area (TPSA) is 83.6 Å². The Morgan fingerprint density at radius 1 is 1.16 bits per heavy atom. The van der Waals surface area contributed by atoms with Gasteiger partial charge in [0, 0.05) is 31.9 Å². The molecule has 8 heteroatoms. The summed E-state index contributed by atoms with van der Waals surface area (Å²) in [7, 11) is 0. The second-order valence-corrected chi connectivity index (χ2v) is 8.87. The predicted molar refractivity (Wildman–Crippen MR) is 128 cm³/mol. The van der Waals surface area contributed by atoms with E-state index in [1.165, 1.54) is 0 Å². The van der Waals surface area contributed by atoms with Crippen molar-refractivity contribution in [2.24, 2.45) is 0 Å². The van der Waals surface area contributed by atoms with Gasteiger partial charge in [0.05, 0.1) is 5.69 Å². The summed E-state index contributed by atoms with van der Waals surface area (Å²) in [6.07, 6.45) is 6.17. The highest BCUT2D eigenvalue weighted by Gasteiger charge is 2.26. The minimum atomic E-state index is -0.555. The first-order valence-electron chi connectivity index (χ1n) is 11.0. The zero-order valence-electron chi connectivity index (χ0n) is 18.5. The van der Waals surface area contributed by atoms with E-state index in [0.29, 0.717) is 12.2 Å². The van der Waals surface area contributed by atoms with Gasteiger partial charge >= 0.3 is 0 Å². The zero-order chi connectivity index (χ0) is 22.6. The van der Waals surface area contributed by atoms with Gasteiger partial charge in [-0.05, 0) is 55.5 Å². The number of hydrogen-bond donors (Lipinski definition) is 2. The number of thioether (sulfide) groups is 1. The highest BCUT2D eigenvalue weighted by molar-refractivity contribution is 7.98. The first kappa shape index (κ1) is 24.1. The number of ether oxygens (including phenoxy) is 1. The number of carbonyl (C=O) groups is 2. The van der Waals surface area contributed by atoms with Crippen molar-refractivity contribution < 1.29 is 14.3 Å². The van der Waals surface area contributed by atoms with Crippen molar-refractivity contribution in [2.45, 2.75) is 37.9 Å². The largest absolute Gasteiger partial charge is 0.484 e. The van der Waals surface area contributed by atoms with Crippen LogP contribution in [0, 0.1) is 0 Å². The number of hydrogen-bond acceptors (Lipinski definition) is 6. The summed E-state index contributed by atoms with van der Waals surface area (Å²) in [5.74, 6) is 1.02. The number of aromatic nitrogens is 1. The fraction of sp³-hybridized carbons (Fsp3) is 0.458. The van der Waals surface area contributed by atoms with E-state index in [2.05, 4.69) is 20.5 Å². The van der Waals surface area contributed by atoms with E-state index in [1.807, 2.05) is 48.9 Å². The Morgan fingerprint density at radius 3 is 2.59 bits per heavy atom. The minimum absolute atomic E-state index is 0.112. The van der Waals surface area contributed by atoms with E-state index < -0.39 is 6.04 Å². The molecule has 1 aliphatic rings. The number of pyridine rings is 1. The number of nitrogens with one attached hydrogen (secondary N) is 2. The molecule has 0 bridgehead atoms. The van der Waals surface area contributed by atoms with Crippen LogP contribution in [0.25, 0.3) is 0 Å². The summed E-state index contributed by atoms with van der Waals surface area (Å²) in [6.45, 7) is 2.54. The maximum atomic E-state index is 12.9. The van der Waals surface area contributed by atoms with E-state index in [1.54, 1.807) is 23.9 Å². The molecule has 2 N–H and O–H groups in total. The third-order valence-corrected chi connectivity index (χ3v) is 6.07. The first-order valence-corrected chi connectivity index (χ1v) is 12.4. The standard InChI is InChI=1S/C24H32N4O3S/c1-32-16-12-22(27-23(29)18-31-21-8-3-2-4-9-21)24(30)26-19-10-14-28(15-11-19)17-20-7-5-6-13-25-20/h2-9,13,19,22H,10-12,14-18H2,1H3,(H,26,30)(H,27,29). The van der Waals surface area contributed by atoms with E-state index in [-0.39, 0.29) is 24.5 Å². The Bertz CT molecular complexity index is 830. The summed E-state index contributed by atoms with van der Waals surface area (Å²) in [5, 5.41) is 5.99. The molecule has 1 aromatic heterocycles. The van der Waals surface area contributed by atoms with Crippen molar-refractivity contribution in [3.8, 4) is 5.75 Å². The molecule has 7 nitrogen and oxygen atoms in total. The van der Waals surface area contributed by atoms with E-state index in [0.717, 1.165) is 43.9 Å². The Labute approximate surface area is 194 Å². The number of amides is 2. The van der Waals surface area contributed by atoms with Crippen molar-refractivity contribution >= 4 is 23.6 Å². The zero-order valence-corrected chi connectivity index (χ0v) is 19.4. The molecule has 1 fully saturated rings. The number of para-hydroxylation sites is 1. The van der Waals surface area contributed by atoms with Crippen LogP contribution in [0.2, 0.25) is 0 Å². The predicted octanol–water partition coefficient (Wildman–Crippen LogP) is 2.48. The van der Waals surface area contributed by atoms with Crippen LogP contribution in [0.1, 0.15) is 25.0 Å². The number of piperidine rings is 1. The summed E-state index contributed by atoms with van der Waals surface area (Å²) >= 11 is 1.66. The number of rotatable bonds is 11. The molecular formula is C24H32N4O3S. The van der Waals surface area contributed by atoms with Crippen molar-refractivity contribution in [1.82, 2.24) is 20.5 Å². The van der Waals surface area contributed by atoms with Crippen LogP contribution in [-0.2, 0) is 16.1 Å². The quantitative estimate of drug-likeness (QED) is 0.541. The molecule has 2 aromatic rings. The molecule has 172 valence electrons. The van der Waals surface area contributed by atoms with Crippen molar-refractivity contribution in [1.29, 1.82) is 0 Å². The second kappa shape index (κ2) is 13.1. The van der Waals surface area contributed by atoms with E-state index >= 15 is 0 Å². The van der Waals surface area contributed by atoms with E-state index in [9.17, 15) is 9.59 Å². The van der Waals surface area contributed by atoms with Crippen LogP contribution in [-0.4, -0.2) is 65.5 Å². The summed E-state index contributed by atoms with van der Waals surface area (Å²) in [4.78, 5) is 32.0. The Balaban J connectivity index is 1.44. The van der Waals surface area contributed by atoms with Crippen LogP contribution in [0.3, 0.4) is 0 Å². The molecule has 0 aliphatic carbocycles. The van der Waals surface area contributed by atoms with Gasteiger partial charge in [0.15, 0.2) is 6.61 Å². The molecule has 3 rings (SSSR count). The number of benzene rings is 1. The van der Waals surface area contributed by atoms with Gasteiger partial charge in [-0.25, -0.2) is 0 Å². The lowest BCUT2D eigenvalue weighted by atomic mass is 10.0. The average molecular weight is 457 g/mol. The molecular weight excluding hydrogens is 424 g/mol. The third-order valence-electron chi connectivity index (χ3n) is 5.42. The molecule has 0 radical (unpaired) electrons. The fourth-order valence-electron chi connectivity index (χ4n) is 3.66. The summed E-state index contributed by atoms with van der Waals surface area (Å²) in [6, 6.07) is 14.7. The maximum absolute atomic E-state index is 12.9. The van der Waals surface area contributed by atoms with Gasteiger partial charge in [-0.3, -0.25) is 19.5 Å².